The molecule has 1 heterocycles. The van der Waals surface area contributed by atoms with Gasteiger partial charge in [0.2, 0.25) is 0 Å². The maximum atomic E-state index is 11.1. The summed E-state index contributed by atoms with van der Waals surface area (Å²) in [7, 11) is 0. The molecule has 1 aliphatic heterocycles. The lowest BCUT2D eigenvalue weighted by atomic mass is 10.5. The normalized spacial score (nSPS) is 26.6. The summed E-state index contributed by atoms with van der Waals surface area (Å²) in [6.45, 7) is -0.149. The van der Waals surface area contributed by atoms with Gasteiger partial charge >= 0.3 is 6.18 Å². The van der Waals surface area contributed by atoms with Crippen LogP contribution in [0.15, 0.2) is 0 Å². The second-order valence-corrected chi connectivity index (χ2v) is 1.36. The Morgan fingerprint density at radius 2 is 1.75 bits per heavy atom. The highest BCUT2D eigenvalue weighted by Gasteiger charge is 2.49. The van der Waals surface area contributed by atoms with Crippen LogP contribution in [0.3, 0.4) is 0 Å². The molecule has 0 radical (unpaired) electrons. The molecule has 1 rings (SSSR count). The zero-order valence-corrected chi connectivity index (χ0v) is 3.83. The number of ether oxygens (including phenoxy) is 1. The van der Waals surface area contributed by atoms with E-state index in [9.17, 15) is 13.2 Å². The van der Waals surface area contributed by atoms with Crippen molar-refractivity contribution in [3.05, 3.63) is 0 Å². The Balaban J connectivity index is 0.000000490. The first-order valence-electron chi connectivity index (χ1n) is 1.79. The fraction of sp³-hybridized carbons (Fsp3) is 1.00. The van der Waals surface area contributed by atoms with Gasteiger partial charge in [-0.1, -0.05) is 0 Å². The quantitative estimate of drug-likeness (QED) is 0.429. The van der Waals surface area contributed by atoms with E-state index in [1.54, 1.807) is 0 Å². The number of epoxide rings is 1. The van der Waals surface area contributed by atoms with Crippen LogP contribution in [0.25, 0.3) is 0 Å². The van der Waals surface area contributed by atoms with Gasteiger partial charge < -0.3 is 10.2 Å². The summed E-state index contributed by atoms with van der Waals surface area (Å²) in [6.07, 6.45) is -5.56. The van der Waals surface area contributed by atoms with Gasteiger partial charge in [0.1, 0.15) is 0 Å². The van der Waals surface area contributed by atoms with Gasteiger partial charge in [0.25, 0.3) is 0 Å². The monoisotopic (exact) mass is 130 g/mol. The molecular weight excluding hydrogens is 125 g/mol. The van der Waals surface area contributed by atoms with Gasteiger partial charge in [-0.15, -0.1) is 0 Å². The third-order valence-electron chi connectivity index (χ3n) is 0.698. The van der Waals surface area contributed by atoms with E-state index in [1.807, 2.05) is 0 Å². The molecule has 2 nitrogen and oxygen atoms in total. The molecular formula is C3H5F3O2. The van der Waals surface area contributed by atoms with Gasteiger partial charge in [-0.2, -0.15) is 13.2 Å². The summed E-state index contributed by atoms with van der Waals surface area (Å²) < 4.78 is 37.3. The lowest BCUT2D eigenvalue weighted by molar-refractivity contribution is -0.146. The van der Waals surface area contributed by atoms with Crippen molar-refractivity contribution in [3.8, 4) is 0 Å². The summed E-state index contributed by atoms with van der Waals surface area (Å²) >= 11 is 0. The second kappa shape index (κ2) is 1.91. The van der Waals surface area contributed by atoms with Crippen molar-refractivity contribution in [1.82, 2.24) is 0 Å². The minimum Gasteiger partial charge on any atom is -0.412 e. The van der Waals surface area contributed by atoms with Crippen molar-refractivity contribution in [2.24, 2.45) is 0 Å². The van der Waals surface area contributed by atoms with Crippen LogP contribution in [0, 0.1) is 0 Å². The molecule has 5 heteroatoms. The van der Waals surface area contributed by atoms with Crippen molar-refractivity contribution in [1.29, 1.82) is 0 Å². The van der Waals surface area contributed by atoms with E-state index in [0.717, 1.165) is 0 Å². The largest absolute Gasteiger partial charge is 0.416 e. The molecule has 1 unspecified atom stereocenters. The summed E-state index contributed by atoms with van der Waals surface area (Å²) in [5.74, 6) is 0. The summed E-state index contributed by atoms with van der Waals surface area (Å²) in [6, 6.07) is 0. The van der Waals surface area contributed by atoms with Gasteiger partial charge in [0.05, 0.1) is 6.61 Å². The smallest absolute Gasteiger partial charge is 0.412 e. The average molecular weight is 130 g/mol. The molecule has 50 valence electrons. The average Bonchev–Trinajstić information content (AvgIpc) is 1.99. The molecule has 0 bridgehead atoms. The summed E-state index contributed by atoms with van der Waals surface area (Å²) in [5, 5.41) is 0. The van der Waals surface area contributed by atoms with Crippen molar-refractivity contribution < 1.29 is 23.4 Å². The molecule has 1 saturated heterocycles. The Hall–Kier alpha value is -0.290. The molecule has 8 heavy (non-hydrogen) atoms. The van der Waals surface area contributed by atoms with Crippen LogP contribution >= 0.6 is 0 Å². The van der Waals surface area contributed by atoms with Crippen LogP contribution in [0.4, 0.5) is 13.2 Å². The highest BCUT2D eigenvalue weighted by atomic mass is 19.4. The fourth-order valence-corrected chi connectivity index (χ4v) is 0.237. The Morgan fingerprint density at radius 1 is 1.38 bits per heavy atom. The Kier molecular flexibility index (Phi) is 1.84. The van der Waals surface area contributed by atoms with Crippen molar-refractivity contribution >= 4 is 0 Å². The number of hydrogen-bond donors (Lipinski definition) is 0. The van der Waals surface area contributed by atoms with E-state index in [0.29, 0.717) is 0 Å². The van der Waals surface area contributed by atoms with Gasteiger partial charge in [-0.05, 0) is 0 Å². The van der Waals surface area contributed by atoms with E-state index in [1.165, 1.54) is 0 Å². The summed E-state index contributed by atoms with van der Waals surface area (Å²) in [5.41, 5.74) is 0. The fourth-order valence-electron chi connectivity index (χ4n) is 0.237. The van der Waals surface area contributed by atoms with Crippen LogP contribution in [0.1, 0.15) is 0 Å². The first-order valence-corrected chi connectivity index (χ1v) is 1.79. The van der Waals surface area contributed by atoms with Gasteiger partial charge in [0, 0.05) is 0 Å². The van der Waals surface area contributed by atoms with E-state index in [2.05, 4.69) is 4.74 Å². The lowest BCUT2D eigenvalue weighted by Crippen LogP contribution is -2.15. The first-order chi connectivity index (χ1) is 3.11. The molecule has 0 saturated carbocycles. The maximum absolute atomic E-state index is 11.1. The van der Waals surface area contributed by atoms with Gasteiger partial charge in [0.15, 0.2) is 6.10 Å². The molecule has 2 N–H and O–H groups in total. The molecule has 1 aliphatic rings. The van der Waals surface area contributed by atoms with Crippen molar-refractivity contribution in [2.45, 2.75) is 12.3 Å². The number of rotatable bonds is 0. The van der Waals surface area contributed by atoms with Crippen LogP contribution in [-0.2, 0) is 4.74 Å². The SMILES string of the molecule is FC(F)(F)C1CO1.O. The number of alkyl halides is 3. The topological polar surface area (TPSA) is 44.0 Å². The second-order valence-electron chi connectivity index (χ2n) is 1.36. The molecule has 0 aromatic heterocycles. The van der Waals surface area contributed by atoms with E-state index in [4.69, 9.17) is 0 Å². The van der Waals surface area contributed by atoms with Crippen LogP contribution in [-0.4, -0.2) is 24.4 Å². The zero-order valence-electron chi connectivity index (χ0n) is 3.83. The standard InChI is InChI=1S/C3H3F3O.H2O/c4-3(5,6)2-1-7-2;/h2H,1H2;1H2. The van der Waals surface area contributed by atoms with Gasteiger partial charge in [-0.25, -0.2) is 0 Å². The number of hydrogen-bond acceptors (Lipinski definition) is 1. The Labute approximate surface area is 43.6 Å². The predicted octanol–water partition coefficient (Wildman–Crippen LogP) is 0.123. The summed E-state index contributed by atoms with van der Waals surface area (Å²) in [4.78, 5) is 0. The first kappa shape index (κ1) is 7.71. The molecule has 0 aliphatic carbocycles. The molecule has 1 atom stereocenters. The van der Waals surface area contributed by atoms with Crippen LogP contribution in [0.5, 0.6) is 0 Å². The van der Waals surface area contributed by atoms with Crippen LogP contribution < -0.4 is 0 Å². The Bertz CT molecular complexity index is 75.1. The van der Waals surface area contributed by atoms with E-state index in [-0.39, 0.29) is 12.1 Å². The minimum atomic E-state index is -4.11. The van der Waals surface area contributed by atoms with E-state index >= 15 is 0 Å². The highest BCUT2D eigenvalue weighted by Crippen LogP contribution is 2.30. The van der Waals surface area contributed by atoms with Gasteiger partial charge in [-0.3, -0.25) is 0 Å². The Morgan fingerprint density at radius 3 is 1.75 bits per heavy atom. The molecule has 0 aromatic carbocycles. The zero-order chi connectivity index (χ0) is 5.49. The molecule has 0 spiro atoms. The molecule has 1 fully saturated rings. The highest BCUT2D eigenvalue weighted by molar-refractivity contribution is 4.76. The third-order valence-corrected chi connectivity index (χ3v) is 0.698. The molecule has 0 amide bonds. The predicted molar refractivity (Wildman–Crippen MR) is 19.4 cm³/mol. The molecule has 0 aromatic rings. The third kappa shape index (κ3) is 1.67. The van der Waals surface area contributed by atoms with Crippen molar-refractivity contribution in [3.63, 3.8) is 0 Å². The van der Waals surface area contributed by atoms with Crippen LogP contribution in [0.2, 0.25) is 0 Å². The maximum Gasteiger partial charge on any atom is 0.416 e. The van der Waals surface area contributed by atoms with Crippen molar-refractivity contribution in [2.75, 3.05) is 6.61 Å². The minimum absolute atomic E-state index is 0. The van der Waals surface area contributed by atoms with E-state index < -0.39 is 12.3 Å². The lowest BCUT2D eigenvalue weighted by Gasteiger charge is -1.96. The number of halogens is 3.